The quantitative estimate of drug-likeness (QED) is 0.906. The lowest BCUT2D eigenvalue weighted by Crippen LogP contribution is -2.28. The Bertz CT molecular complexity index is 411. The highest BCUT2D eigenvalue weighted by Gasteiger charge is 2.17. The number of hydrogen-bond donors (Lipinski definition) is 1. The Hall–Kier alpha value is -0.830. The molecule has 1 saturated carbocycles. The molecule has 1 aliphatic rings. The smallest absolute Gasteiger partial charge is 0.252 e. The first kappa shape index (κ1) is 12.6. The standard InChI is InChI=1S/C14H18BrNO/c1-10-6-7-13(15)12(8-10)14(17)16-9-11-4-2-3-5-11/h6-8,11H,2-5,9H2,1H3,(H,16,17). The average molecular weight is 296 g/mol. The van der Waals surface area contributed by atoms with Crippen LogP contribution in [-0.4, -0.2) is 12.5 Å². The maximum atomic E-state index is 12.0. The molecule has 1 amide bonds. The van der Waals surface area contributed by atoms with Crippen LogP contribution in [0.25, 0.3) is 0 Å². The third kappa shape index (κ3) is 3.32. The van der Waals surface area contributed by atoms with Gasteiger partial charge in [0.25, 0.3) is 5.91 Å². The van der Waals surface area contributed by atoms with Crippen LogP contribution in [0.5, 0.6) is 0 Å². The Morgan fingerprint density at radius 2 is 2.12 bits per heavy atom. The summed E-state index contributed by atoms with van der Waals surface area (Å²) >= 11 is 3.42. The van der Waals surface area contributed by atoms with Crippen molar-refractivity contribution in [2.45, 2.75) is 32.6 Å². The van der Waals surface area contributed by atoms with E-state index in [0.29, 0.717) is 5.92 Å². The Labute approximate surface area is 111 Å². The van der Waals surface area contributed by atoms with Gasteiger partial charge in [-0.05, 0) is 53.7 Å². The van der Waals surface area contributed by atoms with E-state index in [2.05, 4.69) is 21.2 Å². The topological polar surface area (TPSA) is 29.1 Å². The lowest BCUT2D eigenvalue weighted by atomic mass is 10.1. The van der Waals surface area contributed by atoms with Crippen molar-refractivity contribution in [2.75, 3.05) is 6.54 Å². The zero-order valence-corrected chi connectivity index (χ0v) is 11.7. The van der Waals surface area contributed by atoms with Crippen molar-refractivity contribution < 1.29 is 4.79 Å². The van der Waals surface area contributed by atoms with Gasteiger partial charge in [-0.3, -0.25) is 4.79 Å². The van der Waals surface area contributed by atoms with E-state index in [0.717, 1.165) is 22.1 Å². The summed E-state index contributed by atoms with van der Waals surface area (Å²) in [6.45, 7) is 2.82. The molecule has 0 unspecified atom stereocenters. The SMILES string of the molecule is Cc1ccc(Br)c(C(=O)NCC2CCCC2)c1. The van der Waals surface area contributed by atoms with Gasteiger partial charge < -0.3 is 5.32 Å². The predicted octanol–water partition coefficient (Wildman–Crippen LogP) is 3.68. The minimum absolute atomic E-state index is 0.0347. The molecule has 2 nitrogen and oxygen atoms in total. The highest BCUT2D eigenvalue weighted by Crippen LogP contribution is 2.24. The molecule has 0 aromatic heterocycles. The number of carbonyl (C=O) groups excluding carboxylic acids is 1. The van der Waals surface area contributed by atoms with E-state index in [1.54, 1.807) is 0 Å². The number of aryl methyl sites for hydroxylation is 1. The molecule has 0 atom stereocenters. The maximum Gasteiger partial charge on any atom is 0.252 e. The number of nitrogens with one attached hydrogen (secondary N) is 1. The summed E-state index contributed by atoms with van der Waals surface area (Å²) in [5.74, 6) is 0.718. The van der Waals surface area contributed by atoms with Crippen molar-refractivity contribution in [3.8, 4) is 0 Å². The highest BCUT2D eigenvalue weighted by atomic mass is 79.9. The average Bonchev–Trinajstić information content (AvgIpc) is 2.82. The van der Waals surface area contributed by atoms with Crippen LogP contribution in [0.4, 0.5) is 0 Å². The van der Waals surface area contributed by atoms with E-state index in [1.165, 1.54) is 25.7 Å². The van der Waals surface area contributed by atoms with Gasteiger partial charge in [0.15, 0.2) is 0 Å². The Morgan fingerprint density at radius 1 is 1.41 bits per heavy atom. The number of halogens is 1. The zero-order valence-electron chi connectivity index (χ0n) is 10.1. The molecule has 3 heteroatoms. The van der Waals surface area contributed by atoms with Crippen molar-refractivity contribution in [2.24, 2.45) is 5.92 Å². The van der Waals surface area contributed by atoms with Gasteiger partial charge in [0, 0.05) is 11.0 Å². The third-order valence-electron chi connectivity index (χ3n) is 3.39. The van der Waals surface area contributed by atoms with Gasteiger partial charge in [-0.1, -0.05) is 24.5 Å². The number of rotatable bonds is 3. The van der Waals surface area contributed by atoms with Crippen LogP contribution in [0, 0.1) is 12.8 Å². The summed E-state index contributed by atoms with van der Waals surface area (Å²) in [6.07, 6.45) is 5.15. The van der Waals surface area contributed by atoms with Gasteiger partial charge >= 0.3 is 0 Å². The Balaban J connectivity index is 1.96. The van der Waals surface area contributed by atoms with Crippen molar-refractivity contribution in [3.63, 3.8) is 0 Å². The first-order chi connectivity index (χ1) is 8.16. The number of hydrogen-bond acceptors (Lipinski definition) is 1. The summed E-state index contributed by atoms with van der Waals surface area (Å²) in [7, 11) is 0. The van der Waals surface area contributed by atoms with Crippen LogP contribution in [0.15, 0.2) is 22.7 Å². The summed E-state index contributed by atoms with van der Waals surface area (Å²) < 4.78 is 0.868. The van der Waals surface area contributed by atoms with E-state index in [4.69, 9.17) is 0 Å². The van der Waals surface area contributed by atoms with Gasteiger partial charge in [0.05, 0.1) is 5.56 Å². The normalized spacial score (nSPS) is 16.1. The molecule has 1 fully saturated rings. The van der Waals surface area contributed by atoms with Crippen LogP contribution < -0.4 is 5.32 Å². The van der Waals surface area contributed by atoms with Crippen LogP contribution in [0.1, 0.15) is 41.6 Å². The second-order valence-corrected chi connectivity index (χ2v) is 5.70. The molecule has 17 heavy (non-hydrogen) atoms. The molecule has 0 saturated heterocycles. The van der Waals surface area contributed by atoms with Gasteiger partial charge in [0.1, 0.15) is 0 Å². The van der Waals surface area contributed by atoms with Gasteiger partial charge in [0.2, 0.25) is 0 Å². The molecule has 2 rings (SSSR count). The van der Waals surface area contributed by atoms with E-state index >= 15 is 0 Å². The Morgan fingerprint density at radius 3 is 2.82 bits per heavy atom. The molecule has 0 radical (unpaired) electrons. The first-order valence-electron chi connectivity index (χ1n) is 6.21. The fourth-order valence-corrected chi connectivity index (χ4v) is 2.79. The van der Waals surface area contributed by atoms with E-state index in [-0.39, 0.29) is 5.91 Å². The van der Waals surface area contributed by atoms with Crippen molar-refractivity contribution in [1.82, 2.24) is 5.32 Å². The molecular weight excluding hydrogens is 278 g/mol. The van der Waals surface area contributed by atoms with Crippen LogP contribution >= 0.6 is 15.9 Å². The molecule has 0 aliphatic heterocycles. The van der Waals surface area contributed by atoms with Crippen molar-refractivity contribution in [1.29, 1.82) is 0 Å². The third-order valence-corrected chi connectivity index (χ3v) is 4.08. The zero-order chi connectivity index (χ0) is 12.3. The minimum Gasteiger partial charge on any atom is -0.352 e. The fourth-order valence-electron chi connectivity index (χ4n) is 2.36. The summed E-state index contributed by atoms with van der Waals surface area (Å²) in [6, 6.07) is 5.85. The molecule has 1 aromatic rings. The summed E-state index contributed by atoms with van der Waals surface area (Å²) in [5, 5.41) is 3.04. The molecule has 0 heterocycles. The fraction of sp³-hybridized carbons (Fsp3) is 0.500. The summed E-state index contributed by atoms with van der Waals surface area (Å²) in [4.78, 5) is 12.0. The Kier molecular flexibility index (Phi) is 4.21. The number of carbonyl (C=O) groups is 1. The second kappa shape index (κ2) is 5.67. The largest absolute Gasteiger partial charge is 0.352 e. The molecule has 92 valence electrons. The van der Waals surface area contributed by atoms with Crippen LogP contribution in [0.3, 0.4) is 0 Å². The van der Waals surface area contributed by atoms with Crippen molar-refractivity contribution >= 4 is 21.8 Å². The van der Waals surface area contributed by atoms with Gasteiger partial charge in [-0.2, -0.15) is 0 Å². The number of amides is 1. The lowest BCUT2D eigenvalue weighted by molar-refractivity contribution is 0.0946. The molecule has 1 aromatic carbocycles. The second-order valence-electron chi connectivity index (χ2n) is 4.84. The predicted molar refractivity (Wildman–Crippen MR) is 73.2 cm³/mol. The van der Waals surface area contributed by atoms with Crippen LogP contribution in [0.2, 0.25) is 0 Å². The first-order valence-corrected chi connectivity index (χ1v) is 7.00. The molecule has 0 spiro atoms. The van der Waals surface area contributed by atoms with E-state index < -0.39 is 0 Å². The van der Waals surface area contributed by atoms with Gasteiger partial charge in [-0.15, -0.1) is 0 Å². The maximum absolute atomic E-state index is 12.0. The minimum atomic E-state index is 0.0347. The molecule has 1 N–H and O–H groups in total. The molecular formula is C14H18BrNO. The van der Waals surface area contributed by atoms with E-state index in [1.807, 2.05) is 25.1 Å². The summed E-state index contributed by atoms with van der Waals surface area (Å²) in [5.41, 5.74) is 1.85. The van der Waals surface area contributed by atoms with E-state index in [9.17, 15) is 4.79 Å². The monoisotopic (exact) mass is 295 g/mol. The molecule has 0 bridgehead atoms. The number of benzene rings is 1. The van der Waals surface area contributed by atoms with Crippen molar-refractivity contribution in [3.05, 3.63) is 33.8 Å². The van der Waals surface area contributed by atoms with Crippen LogP contribution in [-0.2, 0) is 0 Å². The van der Waals surface area contributed by atoms with Gasteiger partial charge in [-0.25, -0.2) is 0 Å². The lowest BCUT2D eigenvalue weighted by Gasteiger charge is -2.11. The highest BCUT2D eigenvalue weighted by molar-refractivity contribution is 9.10. The molecule has 1 aliphatic carbocycles.